The Morgan fingerprint density at radius 1 is 0.864 bits per heavy atom. The molecule has 0 aliphatic carbocycles. The van der Waals surface area contributed by atoms with E-state index >= 15 is 0 Å². The fraction of sp³-hybridized carbons (Fsp3) is 0.421. The highest BCUT2D eigenvalue weighted by Gasteiger charge is 2.37. The van der Waals surface area contributed by atoms with E-state index in [1.54, 1.807) is 0 Å². The molecule has 0 amide bonds. The van der Waals surface area contributed by atoms with E-state index in [4.69, 9.17) is 4.52 Å². The Morgan fingerprint density at radius 2 is 1.55 bits per heavy atom. The van der Waals surface area contributed by atoms with Gasteiger partial charge in [0.15, 0.2) is 0 Å². The molecule has 2 nitrogen and oxygen atoms in total. The molecule has 0 spiro atoms. The SMILES string of the molecule is CC(C)(C)P(Oc1cccc(-c2ccccn2)c1)C(C)(C)C. The average Bonchev–Trinajstić information content (AvgIpc) is 2.44. The molecule has 0 N–H and O–H groups in total. The molecular formula is C19H26NOP. The van der Waals surface area contributed by atoms with Crippen LogP contribution in [0.1, 0.15) is 41.5 Å². The van der Waals surface area contributed by atoms with Gasteiger partial charge in [-0.25, -0.2) is 0 Å². The summed E-state index contributed by atoms with van der Waals surface area (Å²) < 4.78 is 6.44. The van der Waals surface area contributed by atoms with E-state index in [1.807, 2.05) is 36.5 Å². The quantitative estimate of drug-likeness (QED) is 0.636. The molecule has 0 bridgehead atoms. The number of rotatable bonds is 3. The standard InChI is InChI=1S/C19H26NOP/c1-18(2,3)22(19(4,5)6)21-16-11-9-10-15(14-16)17-12-7-8-13-20-17/h7-14H,1-6H3. The summed E-state index contributed by atoms with van der Waals surface area (Å²) in [6.07, 6.45) is 1.82. The summed E-state index contributed by atoms with van der Waals surface area (Å²) in [4.78, 5) is 4.42. The van der Waals surface area contributed by atoms with E-state index in [-0.39, 0.29) is 10.3 Å². The van der Waals surface area contributed by atoms with Gasteiger partial charge >= 0.3 is 0 Å². The summed E-state index contributed by atoms with van der Waals surface area (Å²) in [5, 5.41) is 0.267. The lowest BCUT2D eigenvalue weighted by Gasteiger charge is -2.39. The molecule has 22 heavy (non-hydrogen) atoms. The van der Waals surface area contributed by atoms with Gasteiger partial charge < -0.3 is 4.52 Å². The van der Waals surface area contributed by atoms with Crippen molar-refractivity contribution in [3.05, 3.63) is 48.7 Å². The maximum atomic E-state index is 6.44. The van der Waals surface area contributed by atoms with Crippen LogP contribution in [0, 0.1) is 0 Å². The lowest BCUT2D eigenvalue weighted by Crippen LogP contribution is -2.27. The number of nitrogens with zero attached hydrogens (tertiary/aromatic N) is 1. The fourth-order valence-corrected chi connectivity index (χ4v) is 5.52. The van der Waals surface area contributed by atoms with Gasteiger partial charge in [-0.2, -0.15) is 0 Å². The zero-order chi connectivity index (χ0) is 16.4. The lowest BCUT2D eigenvalue weighted by atomic mass is 10.1. The summed E-state index contributed by atoms with van der Waals surface area (Å²) in [7, 11) is -0.621. The molecular weight excluding hydrogens is 289 g/mol. The number of pyridine rings is 1. The lowest BCUT2D eigenvalue weighted by molar-refractivity contribution is 0.533. The molecule has 0 unspecified atom stereocenters. The summed E-state index contributed by atoms with van der Waals surface area (Å²) >= 11 is 0. The van der Waals surface area contributed by atoms with Crippen LogP contribution in [0.2, 0.25) is 0 Å². The van der Waals surface area contributed by atoms with Crippen molar-refractivity contribution >= 4 is 8.15 Å². The minimum Gasteiger partial charge on any atom is -0.473 e. The van der Waals surface area contributed by atoms with Gasteiger partial charge in [0.1, 0.15) is 5.75 Å². The van der Waals surface area contributed by atoms with E-state index in [0.29, 0.717) is 0 Å². The third kappa shape index (κ3) is 4.30. The minimum atomic E-state index is -0.621. The highest BCUT2D eigenvalue weighted by molar-refractivity contribution is 7.56. The van der Waals surface area contributed by atoms with Crippen molar-refractivity contribution in [1.82, 2.24) is 4.98 Å². The van der Waals surface area contributed by atoms with Crippen molar-refractivity contribution in [3.63, 3.8) is 0 Å². The molecule has 1 aromatic carbocycles. The average molecular weight is 315 g/mol. The maximum absolute atomic E-state index is 6.44. The largest absolute Gasteiger partial charge is 0.473 e. The monoisotopic (exact) mass is 315 g/mol. The second kappa shape index (κ2) is 6.38. The Balaban J connectivity index is 2.30. The van der Waals surface area contributed by atoms with Crippen molar-refractivity contribution in [3.8, 4) is 17.0 Å². The van der Waals surface area contributed by atoms with Crippen LogP contribution in [0.4, 0.5) is 0 Å². The van der Waals surface area contributed by atoms with Gasteiger partial charge in [0, 0.05) is 22.1 Å². The van der Waals surface area contributed by atoms with Crippen LogP contribution in [-0.4, -0.2) is 15.3 Å². The molecule has 3 heteroatoms. The molecule has 2 rings (SSSR count). The molecule has 0 fully saturated rings. The zero-order valence-electron chi connectivity index (χ0n) is 14.4. The Bertz CT molecular complexity index is 597. The van der Waals surface area contributed by atoms with Crippen LogP contribution in [-0.2, 0) is 0 Å². The molecule has 0 aliphatic rings. The summed E-state index contributed by atoms with van der Waals surface area (Å²) in [5.74, 6) is 0.930. The van der Waals surface area contributed by atoms with E-state index in [9.17, 15) is 0 Å². The second-order valence-corrected chi connectivity index (χ2v) is 10.9. The third-order valence-electron chi connectivity index (χ3n) is 3.21. The van der Waals surface area contributed by atoms with Gasteiger partial charge in [-0.3, -0.25) is 4.98 Å². The summed E-state index contributed by atoms with van der Waals surface area (Å²) in [6, 6.07) is 14.2. The Kier molecular flexibility index (Phi) is 4.92. The molecule has 0 saturated carbocycles. The summed E-state index contributed by atoms with van der Waals surface area (Å²) in [5.41, 5.74) is 2.07. The van der Waals surface area contributed by atoms with Crippen molar-refractivity contribution in [2.24, 2.45) is 0 Å². The van der Waals surface area contributed by atoms with E-state index in [2.05, 4.69) is 58.7 Å². The number of hydrogen-bond acceptors (Lipinski definition) is 2. The first-order valence-electron chi connectivity index (χ1n) is 7.68. The normalized spacial score (nSPS) is 12.5. The highest BCUT2D eigenvalue weighted by atomic mass is 31.1. The molecule has 1 aromatic heterocycles. The fourth-order valence-electron chi connectivity index (χ4n) is 2.63. The van der Waals surface area contributed by atoms with E-state index in [1.165, 1.54) is 0 Å². The van der Waals surface area contributed by atoms with Gasteiger partial charge in [-0.15, -0.1) is 0 Å². The number of hydrogen-bond donors (Lipinski definition) is 0. The van der Waals surface area contributed by atoms with Gasteiger partial charge in [0.2, 0.25) is 0 Å². The first kappa shape index (κ1) is 17.0. The summed E-state index contributed by atoms with van der Waals surface area (Å²) in [6.45, 7) is 13.5. The van der Waals surface area contributed by atoms with Crippen molar-refractivity contribution < 1.29 is 4.52 Å². The van der Waals surface area contributed by atoms with Crippen LogP contribution in [0.15, 0.2) is 48.7 Å². The highest BCUT2D eigenvalue weighted by Crippen LogP contribution is 2.59. The van der Waals surface area contributed by atoms with Crippen molar-refractivity contribution in [2.75, 3.05) is 0 Å². The van der Waals surface area contributed by atoms with E-state index in [0.717, 1.165) is 17.0 Å². The van der Waals surface area contributed by atoms with Crippen LogP contribution in [0.5, 0.6) is 5.75 Å². The van der Waals surface area contributed by atoms with Crippen LogP contribution in [0.3, 0.4) is 0 Å². The Hall–Kier alpha value is -1.40. The molecule has 0 aliphatic heterocycles. The Morgan fingerprint density at radius 3 is 2.09 bits per heavy atom. The molecule has 0 atom stereocenters. The van der Waals surface area contributed by atoms with Gasteiger partial charge in [-0.1, -0.05) is 59.7 Å². The minimum absolute atomic E-state index is 0.134. The van der Waals surface area contributed by atoms with Gasteiger partial charge in [0.05, 0.1) is 13.8 Å². The van der Waals surface area contributed by atoms with Crippen molar-refractivity contribution in [2.45, 2.75) is 51.9 Å². The molecule has 1 heterocycles. The van der Waals surface area contributed by atoms with Crippen LogP contribution >= 0.6 is 8.15 Å². The molecule has 2 aromatic rings. The van der Waals surface area contributed by atoms with Gasteiger partial charge in [-0.05, 0) is 24.3 Å². The topological polar surface area (TPSA) is 22.1 Å². The van der Waals surface area contributed by atoms with Crippen LogP contribution in [0.25, 0.3) is 11.3 Å². The van der Waals surface area contributed by atoms with Gasteiger partial charge in [0.25, 0.3) is 0 Å². The Labute approximate surface area is 135 Å². The smallest absolute Gasteiger partial charge is 0.124 e. The first-order chi connectivity index (χ1) is 10.2. The molecule has 0 saturated heterocycles. The predicted molar refractivity (Wildman–Crippen MR) is 96.7 cm³/mol. The maximum Gasteiger partial charge on any atom is 0.124 e. The van der Waals surface area contributed by atoms with Crippen LogP contribution < -0.4 is 4.52 Å². The number of aromatic nitrogens is 1. The molecule has 118 valence electrons. The predicted octanol–water partition coefficient (Wildman–Crippen LogP) is 6.12. The molecule has 0 radical (unpaired) electrons. The van der Waals surface area contributed by atoms with Crippen molar-refractivity contribution in [1.29, 1.82) is 0 Å². The number of benzene rings is 1. The third-order valence-corrected chi connectivity index (χ3v) is 6.04. The van der Waals surface area contributed by atoms with E-state index < -0.39 is 8.15 Å². The first-order valence-corrected chi connectivity index (χ1v) is 8.94. The second-order valence-electron chi connectivity index (χ2n) is 7.47. The zero-order valence-corrected chi connectivity index (χ0v) is 15.3.